The summed E-state index contributed by atoms with van der Waals surface area (Å²) in [5, 5.41) is 59.9. The summed E-state index contributed by atoms with van der Waals surface area (Å²) < 4.78 is 0. The molecule has 1 fully saturated rings. The molecule has 3 aliphatic carbocycles. The fourth-order valence-corrected chi connectivity index (χ4v) is 6.76. The van der Waals surface area contributed by atoms with Crippen LogP contribution in [0.1, 0.15) is 23.1 Å². The molecule has 0 aromatic heterocycles. The van der Waals surface area contributed by atoms with Crippen LogP contribution >= 0.6 is 0 Å². The van der Waals surface area contributed by atoms with Gasteiger partial charge in [0.1, 0.15) is 22.8 Å². The van der Waals surface area contributed by atoms with Gasteiger partial charge in [-0.25, -0.2) is 0 Å². The molecule has 2 aromatic carbocycles. The Morgan fingerprint density at radius 2 is 1.77 bits per heavy atom. The molecule has 232 valence electrons. The van der Waals surface area contributed by atoms with Crippen molar-refractivity contribution in [3.63, 3.8) is 0 Å². The van der Waals surface area contributed by atoms with Gasteiger partial charge in [-0.2, -0.15) is 0 Å². The maximum atomic E-state index is 14.1. The van der Waals surface area contributed by atoms with E-state index in [1.165, 1.54) is 17.0 Å². The lowest BCUT2D eigenvalue weighted by Crippen LogP contribution is -2.65. The van der Waals surface area contributed by atoms with Crippen LogP contribution in [0.2, 0.25) is 0 Å². The summed E-state index contributed by atoms with van der Waals surface area (Å²) in [5.41, 5.74) is 3.43. The number of fused-ring (bicyclic) bond motifs is 3. The van der Waals surface area contributed by atoms with E-state index in [1.54, 1.807) is 51.3 Å². The second kappa shape index (κ2) is 10.6. The maximum Gasteiger partial charge on any atom is 0.269 e. The summed E-state index contributed by atoms with van der Waals surface area (Å²) in [6.07, 6.45) is 0.137. The van der Waals surface area contributed by atoms with Crippen molar-refractivity contribution in [3.8, 4) is 5.75 Å². The van der Waals surface area contributed by atoms with Gasteiger partial charge in [-0.3, -0.25) is 29.4 Å². The number of nitrogens with zero attached hydrogens (tertiary/aromatic N) is 3. The van der Waals surface area contributed by atoms with Crippen LogP contribution in [-0.2, 0) is 27.3 Å². The van der Waals surface area contributed by atoms with Gasteiger partial charge in [0.25, 0.3) is 11.6 Å². The summed E-state index contributed by atoms with van der Waals surface area (Å²) in [5.74, 6) is -7.19. The maximum absolute atomic E-state index is 14.1. The van der Waals surface area contributed by atoms with E-state index < -0.39 is 63.0 Å². The van der Waals surface area contributed by atoms with Crippen molar-refractivity contribution in [1.29, 1.82) is 0 Å². The Balaban J connectivity index is 1.63. The molecule has 5 rings (SSSR count). The second-order valence-corrected chi connectivity index (χ2v) is 11.8. The van der Waals surface area contributed by atoms with Crippen molar-refractivity contribution in [1.82, 2.24) is 4.90 Å². The first-order chi connectivity index (χ1) is 20.6. The van der Waals surface area contributed by atoms with Crippen molar-refractivity contribution in [2.45, 2.75) is 31.0 Å². The van der Waals surface area contributed by atoms with Crippen molar-refractivity contribution in [3.05, 3.63) is 74.0 Å². The quantitative estimate of drug-likeness (QED) is 0.114. The number of nitrogens with two attached hydrogens (primary N) is 1. The number of carbonyl (C=O) groups is 3. The molecule has 0 heterocycles. The summed E-state index contributed by atoms with van der Waals surface area (Å²) in [4.78, 5) is 53.2. The fourth-order valence-electron chi connectivity index (χ4n) is 6.76. The van der Waals surface area contributed by atoms with E-state index in [0.717, 1.165) is 0 Å². The molecule has 7 N–H and O–H groups in total. The number of carbonyl (C=O) groups excluding carboxylic acids is 3. The normalized spacial score (nSPS) is 24.5. The van der Waals surface area contributed by atoms with Crippen LogP contribution in [0.25, 0.3) is 5.76 Å². The number of primary amides is 1. The van der Waals surface area contributed by atoms with Crippen LogP contribution in [0.15, 0.2) is 47.2 Å². The van der Waals surface area contributed by atoms with Crippen molar-refractivity contribution < 1.29 is 39.7 Å². The molecule has 1 saturated carbocycles. The van der Waals surface area contributed by atoms with Crippen molar-refractivity contribution in [2.24, 2.45) is 17.6 Å². The number of hydrogen-bond acceptors (Lipinski definition) is 12. The summed E-state index contributed by atoms with van der Waals surface area (Å²) in [6.45, 7) is 0.159. The number of nitro groups is 1. The first-order valence-corrected chi connectivity index (χ1v) is 13.8. The standard InChI is InChI=1S/C30H33N5O9/c1-33(2)19-11-18(32-12-13-5-7-15(8-6-13)35(43)44)24(36)21-16(19)9-14-10-17-23(34(3)4)26(38)22(29(31)41)28(40)30(17,42)27(39)20(14)25(21)37/h5-8,11,14,17,23,32,36-37,40,42H,9-10,12H2,1-4H3,(H2,31,41)/t14-,17-,23+,30-/m0/s1. The smallest absolute Gasteiger partial charge is 0.269 e. The van der Waals surface area contributed by atoms with Gasteiger partial charge in [-0.1, -0.05) is 12.1 Å². The Morgan fingerprint density at radius 3 is 2.32 bits per heavy atom. The minimum atomic E-state index is -2.73. The average molecular weight is 608 g/mol. The number of nitro benzene ring substituents is 1. The van der Waals surface area contributed by atoms with Gasteiger partial charge in [0, 0.05) is 50.0 Å². The predicted octanol–water partition coefficient (Wildman–Crippen LogP) is 1.55. The third-order valence-corrected chi connectivity index (χ3v) is 8.81. The topological polar surface area (TPSA) is 220 Å². The van der Waals surface area contributed by atoms with Crippen LogP contribution in [0, 0.1) is 22.0 Å². The second-order valence-electron chi connectivity index (χ2n) is 11.8. The molecule has 0 radical (unpaired) electrons. The van der Waals surface area contributed by atoms with E-state index >= 15 is 0 Å². The molecule has 4 atom stereocenters. The molecule has 44 heavy (non-hydrogen) atoms. The van der Waals surface area contributed by atoms with Gasteiger partial charge in [0.15, 0.2) is 11.4 Å². The first-order valence-electron chi connectivity index (χ1n) is 13.8. The lowest BCUT2D eigenvalue weighted by atomic mass is 9.57. The molecule has 0 aliphatic heterocycles. The van der Waals surface area contributed by atoms with Gasteiger partial charge >= 0.3 is 0 Å². The Hall–Kier alpha value is -4.95. The number of aliphatic hydroxyl groups excluding tert-OH is 2. The number of likely N-dealkylation sites (N-methyl/N-ethyl adjacent to an activating group) is 1. The number of benzene rings is 2. The zero-order valence-corrected chi connectivity index (χ0v) is 24.5. The Morgan fingerprint density at radius 1 is 1.14 bits per heavy atom. The lowest BCUT2D eigenvalue weighted by Gasteiger charge is -2.50. The van der Waals surface area contributed by atoms with E-state index in [4.69, 9.17) is 5.73 Å². The SMILES string of the molecule is CN(C)c1cc(NCc2ccc([N+](=O)[O-])cc2)c(O)c2c1C[C@H]1C[C@H]3[C@@H](N(C)C)C(=O)C(C(N)=O)=C(O)[C@@]3(O)C(=O)C1=C2O. The van der Waals surface area contributed by atoms with Crippen molar-refractivity contribution in [2.75, 3.05) is 38.4 Å². The zero-order valence-electron chi connectivity index (χ0n) is 24.5. The average Bonchev–Trinajstić information content (AvgIpc) is 2.94. The number of rotatable bonds is 7. The number of aromatic hydroxyl groups is 1. The minimum Gasteiger partial charge on any atom is -0.508 e. The molecule has 0 bridgehead atoms. The number of anilines is 2. The van der Waals surface area contributed by atoms with Crippen LogP contribution < -0.4 is 16.0 Å². The zero-order chi connectivity index (χ0) is 32.4. The summed E-state index contributed by atoms with van der Waals surface area (Å²) in [6, 6.07) is 6.34. The van der Waals surface area contributed by atoms with Gasteiger partial charge in [-0.15, -0.1) is 0 Å². The number of aliphatic hydroxyl groups is 3. The highest BCUT2D eigenvalue weighted by Crippen LogP contribution is 2.54. The largest absolute Gasteiger partial charge is 0.508 e. The number of non-ortho nitro benzene ring substituents is 1. The Bertz CT molecular complexity index is 1680. The molecule has 0 unspecified atom stereocenters. The fraction of sp³-hybridized carbons (Fsp3) is 0.367. The van der Waals surface area contributed by atoms with E-state index in [0.29, 0.717) is 16.8 Å². The number of ketones is 2. The molecule has 0 spiro atoms. The first kappa shape index (κ1) is 30.5. The number of nitrogens with one attached hydrogen (secondary N) is 1. The lowest BCUT2D eigenvalue weighted by molar-refractivity contribution is -0.384. The molecule has 14 heteroatoms. The highest BCUT2D eigenvalue weighted by molar-refractivity contribution is 6.24. The molecule has 14 nitrogen and oxygen atoms in total. The Labute approximate surface area is 251 Å². The molecule has 0 saturated heterocycles. The number of phenols is 1. The highest BCUT2D eigenvalue weighted by Gasteiger charge is 2.64. The molecule has 2 aromatic rings. The Kier molecular flexibility index (Phi) is 7.38. The number of hydrogen-bond donors (Lipinski definition) is 6. The summed E-state index contributed by atoms with van der Waals surface area (Å²) in [7, 11) is 6.62. The van der Waals surface area contributed by atoms with E-state index in [9.17, 15) is 44.9 Å². The highest BCUT2D eigenvalue weighted by atomic mass is 16.6. The van der Waals surface area contributed by atoms with E-state index in [2.05, 4.69) is 5.32 Å². The van der Waals surface area contributed by atoms with Crippen LogP contribution in [0.3, 0.4) is 0 Å². The number of Topliss-reactive ketones (excluding diaryl/α,β-unsaturated/α-hetero) is 2. The van der Waals surface area contributed by atoms with Gasteiger partial charge < -0.3 is 36.4 Å². The number of phenolic OH excluding ortho intramolecular Hbond substituents is 1. The van der Waals surface area contributed by atoms with Gasteiger partial charge in [-0.05, 0) is 50.0 Å². The van der Waals surface area contributed by atoms with E-state index in [1.807, 2.05) is 0 Å². The van der Waals surface area contributed by atoms with Crippen LogP contribution in [-0.4, -0.2) is 87.6 Å². The number of amides is 1. The predicted molar refractivity (Wildman–Crippen MR) is 159 cm³/mol. The third-order valence-electron chi connectivity index (χ3n) is 8.81. The van der Waals surface area contributed by atoms with Crippen LogP contribution in [0.4, 0.5) is 17.1 Å². The molecule has 3 aliphatic rings. The van der Waals surface area contributed by atoms with Gasteiger partial charge in [0.2, 0.25) is 5.78 Å². The molecular formula is C30H33N5O9. The van der Waals surface area contributed by atoms with Crippen LogP contribution in [0.5, 0.6) is 5.75 Å². The summed E-state index contributed by atoms with van der Waals surface area (Å²) >= 11 is 0. The molecule has 1 amide bonds. The minimum absolute atomic E-state index is 0.0143. The van der Waals surface area contributed by atoms with Crippen molar-refractivity contribution >= 4 is 40.3 Å². The third kappa shape index (κ3) is 4.45. The van der Waals surface area contributed by atoms with E-state index in [-0.39, 0.29) is 47.6 Å². The molecular weight excluding hydrogens is 574 g/mol. The monoisotopic (exact) mass is 607 g/mol. The van der Waals surface area contributed by atoms with Gasteiger partial charge in [0.05, 0.1) is 22.2 Å².